The van der Waals surface area contributed by atoms with Gasteiger partial charge >= 0.3 is 0 Å². The highest BCUT2D eigenvalue weighted by Gasteiger charge is 2.10. The van der Waals surface area contributed by atoms with Crippen molar-refractivity contribution in [3.8, 4) is 0 Å². The number of allylic oxidation sites excluding steroid dienone is 1. The minimum absolute atomic E-state index is 0.113. The maximum Gasteiger partial charge on any atom is 0.230 e. The molecule has 9 heteroatoms. The first-order valence-electron chi connectivity index (χ1n) is 12.5. The van der Waals surface area contributed by atoms with Crippen LogP contribution in [0, 0.1) is 0 Å². The summed E-state index contributed by atoms with van der Waals surface area (Å²) < 4.78 is 0. The maximum absolute atomic E-state index is 12.3. The van der Waals surface area contributed by atoms with Crippen LogP contribution >= 0.6 is 22.7 Å². The molecule has 0 aliphatic carbocycles. The fraction of sp³-hybridized carbons (Fsp3) is 0.241. The van der Waals surface area contributed by atoms with Crippen molar-refractivity contribution < 1.29 is 9.59 Å². The van der Waals surface area contributed by atoms with Crippen molar-refractivity contribution in [1.82, 2.24) is 20.4 Å². The number of amides is 1. The molecule has 0 saturated heterocycles. The molecule has 2 aromatic heterocycles. The van der Waals surface area contributed by atoms with Crippen molar-refractivity contribution in [2.24, 2.45) is 0 Å². The minimum atomic E-state index is -0.113. The number of carbonyl (C=O) groups excluding carboxylic acids is 2. The number of ketones is 1. The van der Waals surface area contributed by atoms with E-state index in [0.29, 0.717) is 18.0 Å². The molecule has 0 bridgehead atoms. The van der Waals surface area contributed by atoms with Gasteiger partial charge < -0.3 is 5.32 Å². The van der Waals surface area contributed by atoms with Gasteiger partial charge in [-0.05, 0) is 24.0 Å². The number of benzene rings is 2. The van der Waals surface area contributed by atoms with E-state index < -0.39 is 0 Å². The van der Waals surface area contributed by atoms with Crippen molar-refractivity contribution in [1.29, 1.82) is 0 Å². The van der Waals surface area contributed by atoms with E-state index in [0.717, 1.165) is 51.8 Å². The summed E-state index contributed by atoms with van der Waals surface area (Å²) >= 11 is 2.91. The molecule has 4 aromatic rings. The van der Waals surface area contributed by atoms with E-state index >= 15 is 0 Å². The summed E-state index contributed by atoms with van der Waals surface area (Å²) in [7, 11) is 0. The van der Waals surface area contributed by atoms with Gasteiger partial charge in [0, 0.05) is 25.7 Å². The molecule has 1 N–H and O–H groups in total. The van der Waals surface area contributed by atoms with Crippen LogP contribution in [0.5, 0.6) is 0 Å². The first-order valence-corrected chi connectivity index (χ1v) is 14.2. The zero-order valence-corrected chi connectivity index (χ0v) is 22.6. The van der Waals surface area contributed by atoms with Crippen molar-refractivity contribution >= 4 is 51.6 Å². The first-order chi connectivity index (χ1) is 18.6. The molecule has 0 spiro atoms. The number of Topliss-reactive ketones (excluding diaryl/α,β-unsaturated/α-hetero) is 1. The standard InChI is InChI=1S/C29H29N5O2S2/c35-24(17-9-15-22-11-3-1-4-12-22)21-28-33-31-26(37-28)19-7-8-20-27-32-34-29(38-27)30-25(36)18-10-16-23-13-5-2-6-14-23/h1-6,9-16H,7-8,17-21H2,(H,30,34,36)/b15-9+,16-10+. The number of nitrogens with zero attached hydrogens (tertiary/aromatic N) is 4. The number of hydrogen-bond donors (Lipinski definition) is 1. The number of aromatic nitrogens is 4. The molecule has 0 aliphatic rings. The van der Waals surface area contributed by atoms with Gasteiger partial charge in [0.2, 0.25) is 11.0 Å². The van der Waals surface area contributed by atoms with Crippen LogP contribution in [0.15, 0.2) is 72.8 Å². The number of anilines is 1. The van der Waals surface area contributed by atoms with Crippen LogP contribution in [0.3, 0.4) is 0 Å². The molecule has 0 radical (unpaired) electrons. The summed E-state index contributed by atoms with van der Waals surface area (Å²) in [5, 5.41) is 22.6. The Morgan fingerprint density at radius 1 is 0.684 bits per heavy atom. The molecule has 0 fully saturated rings. The van der Waals surface area contributed by atoms with E-state index in [-0.39, 0.29) is 18.1 Å². The van der Waals surface area contributed by atoms with Gasteiger partial charge in [-0.15, -0.1) is 31.7 Å². The second-order valence-corrected chi connectivity index (χ2v) is 10.8. The molecule has 0 saturated carbocycles. The Balaban J connectivity index is 1.11. The van der Waals surface area contributed by atoms with E-state index in [1.807, 2.05) is 85.0 Å². The average Bonchev–Trinajstić information content (AvgIpc) is 3.57. The molecule has 38 heavy (non-hydrogen) atoms. The first kappa shape index (κ1) is 27.2. The van der Waals surface area contributed by atoms with Crippen molar-refractivity contribution in [3.05, 3.63) is 99.0 Å². The van der Waals surface area contributed by atoms with Crippen LogP contribution in [0.2, 0.25) is 0 Å². The number of carbonyl (C=O) groups is 2. The summed E-state index contributed by atoms with van der Waals surface area (Å²) in [5.74, 6) is 0.0175. The SMILES string of the molecule is O=C(C/C=C/c1ccccc1)Cc1nnc(CCCCc2nnc(NC(=O)C/C=C/c3ccccc3)s2)s1. The zero-order valence-electron chi connectivity index (χ0n) is 21.0. The third kappa shape index (κ3) is 9.57. The lowest BCUT2D eigenvalue weighted by Gasteiger charge is -1.97. The van der Waals surface area contributed by atoms with Crippen LogP contribution in [0.25, 0.3) is 12.2 Å². The van der Waals surface area contributed by atoms with E-state index in [1.54, 1.807) is 0 Å². The molecule has 0 aliphatic heterocycles. The molecule has 2 heterocycles. The van der Waals surface area contributed by atoms with Gasteiger partial charge in [-0.2, -0.15) is 0 Å². The van der Waals surface area contributed by atoms with Gasteiger partial charge in [-0.3, -0.25) is 9.59 Å². The van der Waals surface area contributed by atoms with E-state index in [2.05, 4.69) is 25.7 Å². The van der Waals surface area contributed by atoms with E-state index in [4.69, 9.17) is 0 Å². The largest absolute Gasteiger partial charge is 0.300 e. The predicted octanol–water partition coefficient (Wildman–Crippen LogP) is 6.21. The molecule has 194 valence electrons. The Labute approximate surface area is 230 Å². The zero-order chi connectivity index (χ0) is 26.4. The Bertz CT molecular complexity index is 1260. The second kappa shape index (κ2) is 14.8. The number of aryl methyl sites for hydroxylation is 2. The van der Waals surface area contributed by atoms with Gasteiger partial charge in [0.1, 0.15) is 20.8 Å². The lowest BCUT2D eigenvalue weighted by atomic mass is 10.1. The summed E-state index contributed by atoms with van der Waals surface area (Å²) in [4.78, 5) is 24.4. The van der Waals surface area contributed by atoms with Gasteiger partial charge in [-0.1, -0.05) is 96.3 Å². The monoisotopic (exact) mass is 543 g/mol. The molecule has 2 aromatic carbocycles. The maximum atomic E-state index is 12.3. The van der Waals surface area contributed by atoms with Crippen LogP contribution in [-0.4, -0.2) is 32.1 Å². The van der Waals surface area contributed by atoms with Crippen molar-refractivity contribution in [3.63, 3.8) is 0 Å². The number of rotatable bonds is 14. The highest BCUT2D eigenvalue weighted by Crippen LogP contribution is 2.19. The van der Waals surface area contributed by atoms with Gasteiger partial charge in [0.25, 0.3) is 0 Å². The van der Waals surface area contributed by atoms with Crippen LogP contribution in [0.1, 0.15) is 51.8 Å². The van der Waals surface area contributed by atoms with Crippen molar-refractivity contribution in [2.75, 3.05) is 5.32 Å². The van der Waals surface area contributed by atoms with Crippen LogP contribution < -0.4 is 5.32 Å². The number of hydrogen-bond acceptors (Lipinski definition) is 8. The number of nitrogens with one attached hydrogen (secondary N) is 1. The van der Waals surface area contributed by atoms with Crippen LogP contribution in [0.4, 0.5) is 5.13 Å². The van der Waals surface area contributed by atoms with Crippen LogP contribution in [-0.2, 0) is 28.9 Å². The molecular formula is C29H29N5O2S2. The molecule has 1 amide bonds. The topological polar surface area (TPSA) is 97.7 Å². The Hall–Kier alpha value is -3.82. The third-order valence-electron chi connectivity index (χ3n) is 5.47. The quantitative estimate of drug-likeness (QED) is 0.190. The summed E-state index contributed by atoms with van der Waals surface area (Å²) in [6, 6.07) is 19.8. The fourth-order valence-electron chi connectivity index (χ4n) is 3.59. The lowest BCUT2D eigenvalue weighted by Crippen LogP contribution is -2.09. The molecule has 7 nitrogen and oxygen atoms in total. The smallest absolute Gasteiger partial charge is 0.230 e. The Morgan fingerprint density at radius 3 is 1.89 bits per heavy atom. The second-order valence-electron chi connectivity index (χ2n) is 8.60. The van der Waals surface area contributed by atoms with E-state index in [9.17, 15) is 9.59 Å². The summed E-state index contributed by atoms with van der Waals surface area (Å²) in [5.41, 5.74) is 2.14. The van der Waals surface area contributed by atoms with E-state index in [1.165, 1.54) is 22.7 Å². The Morgan fingerprint density at radius 2 is 1.24 bits per heavy atom. The summed E-state index contributed by atoms with van der Waals surface area (Å²) in [6.45, 7) is 0. The van der Waals surface area contributed by atoms with Gasteiger partial charge in [-0.25, -0.2) is 0 Å². The van der Waals surface area contributed by atoms with Crippen molar-refractivity contribution in [2.45, 2.75) is 44.9 Å². The molecule has 4 rings (SSSR count). The average molecular weight is 544 g/mol. The lowest BCUT2D eigenvalue weighted by molar-refractivity contribution is -0.117. The third-order valence-corrected chi connectivity index (χ3v) is 7.35. The molecule has 0 unspecified atom stereocenters. The Kier molecular flexibility index (Phi) is 10.6. The fourth-order valence-corrected chi connectivity index (χ4v) is 5.30. The molecule has 0 atom stereocenters. The van der Waals surface area contributed by atoms with Gasteiger partial charge in [0.05, 0.1) is 6.42 Å². The number of unbranched alkanes of at least 4 members (excludes halogenated alkanes) is 1. The predicted molar refractivity (Wildman–Crippen MR) is 154 cm³/mol. The normalized spacial score (nSPS) is 11.4. The minimum Gasteiger partial charge on any atom is -0.300 e. The highest BCUT2D eigenvalue weighted by molar-refractivity contribution is 7.15. The van der Waals surface area contributed by atoms with Gasteiger partial charge in [0.15, 0.2) is 0 Å². The summed E-state index contributed by atoms with van der Waals surface area (Å²) in [6.07, 6.45) is 12.1. The highest BCUT2D eigenvalue weighted by atomic mass is 32.1. The molecular weight excluding hydrogens is 514 g/mol.